The number of carbonyl (C=O) groups is 1. The van der Waals surface area contributed by atoms with Crippen molar-refractivity contribution >= 4 is 16.0 Å². The molecule has 21 heavy (non-hydrogen) atoms. The fraction of sp³-hybridized carbons (Fsp3) is 0.500. The van der Waals surface area contributed by atoms with Crippen molar-refractivity contribution in [1.82, 2.24) is 10.0 Å². The van der Waals surface area contributed by atoms with Gasteiger partial charge in [0.05, 0.1) is 18.4 Å². The van der Waals surface area contributed by atoms with E-state index in [2.05, 4.69) is 21.7 Å². The highest BCUT2D eigenvalue weighted by atomic mass is 32.2. The SMILES string of the molecule is CCCNCCNS(=O)(=O)Cc1ccc(C(=O)OC)cc1. The largest absolute Gasteiger partial charge is 0.465 e. The summed E-state index contributed by atoms with van der Waals surface area (Å²) in [6, 6.07) is 6.33. The fourth-order valence-electron chi connectivity index (χ4n) is 1.72. The van der Waals surface area contributed by atoms with Gasteiger partial charge in [0.25, 0.3) is 0 Å². The summed E-state index contributed by atoms with van der Waals surface area (Å²) in [5, 5.41) is 3.12. The van der Waals surface area contributed by atoms with Gasteiger partial charge in [-0.25, -0.2) is 17.9 Å². The summed E-state index contributed by atoms with van der Waals surface area (Å²) in [5.41, 5.74) is 1.02. The molecule has 0 spiro atoms. The van der Waals surface area contributed by atoms with Crippen LogP contribution in [0.25, 0.3) is 0 Å². The van der Waals surface area contributed by atoms with Gasteiger partial charge in [0, 0.05) is 13.1 Å². The Bertz CT molecular complexity index is 541. The highest BCUT2D eigenvalue weighted by Crippen LogP contribution is 2.08. The van der Waals surface area contributed by atoms with Crippen molar-refractivity contribution < 1.29 is 17.9 Å². The van der Waals surface area contributed by atoms with E-state index in [1.807, 2.05) is 0 Å². The second-order valence-corrected chi connectivity index (χ2v) is 6.40. The monoisotopic (exact) mass is 314 g/mol. The quantitative estimate of drug-likeness (QED) is 0.522. The summed E-state index contributed by atoms with van der Waals surface area (Å²) >= 11 is 0. The molecule has 0 heterocycles. The van der Waals surface area contributed by atoms with E-state index in [9.17, 15) is 13.2 Å². The zero-order valence-electron chi connectivity index (χ0n) is 12.4. The number of esters is 1. The van der Waals surface area contributed by atoms with Crippen LogP contribution in [0.5, 0.6) is 0 Å². The molecule has 0 atom stereocenters. The van der Waals surface area contributed by atoms with E-state index in [1.54, 1.807) is 24.3 Å². The number of nitrogens with one attached hydrogen (secondary N) is 2. The maximum atomic E-state index is 11.9. The number of ether oxygens (including phenoxy) is 1. The van der Waals surface area contributed by atoms with Crippen LogP contribution in [0.4, 0.5) is 0 Å². The number of rotatable bonds is 9. The van der Waals surface area contributed by atoms with Crippen molar-refractivity contribution in [3.63, 3.8) is 0 Å². The summed E-state index contributed by atoms with van der Waals surface area (Å²) in [6.07, 6.45) is 1.01. The number of sulfonamides is 1. The topological polar surface area (TPSA) is 84.5 Å². The summed E-state index contributed by atoms with van der Waals surface area (Å²) in [4.78, 5) is 11.3. The predicted octanol–water partition coefficient (Wildman–Crippen LogP) is 0.892. The van der Waals surface area contributed by atoms with Crippen LogP contribution in [0.1, 0.15) is 29.3 Å². The Morgan fingerprint density at radius 1 is 1.14 bits per heavy atom. The van der Waals surface area contributed by atoms with E-state index in [1.165, 1.54) is 7.11 Å². The van der Waals surface area contributed by atoms with Crippen LogP contribution in [0, 0.1) is 0 Å². The highest BCUT2D eigenvalue weighted by molar-refractivity contribution is 7.88. The predicted molar refractivity (Wildman–Crippen MR) is 81.6 cm³/mol. The van der Waals surface area contributed by atoms with E-state index >= 15 is 0 Å². The van der Waals surface area contributed by atoms with Crippen LogP contribution in [-0.2, 0) is 20.5 Å². The van der Waals surface area contributed by atoms with E-state index < -0.39 is 16.0 Å². The normalized spacial score (nSPS) is 11.3. The first-order chi connectivity index (χ1) is 9.98. The zero-order chi connectivity index (χ0) is 15.7. The molecule has 0 saturated carbocycles. The lowest BCUT2D eigenvalue weighted by atomic mass is 10.1. The van der Waals surface area contributed by atoms with E-state index in [4.69, 9.17) is 0 Å². The molecule has 118 valence electrons. The number of hydrogen-bond donors (Lipinski definition) is 2. The van der Waals surface area contributed by atoms with Gasteiger partial charge in [-0.15, -0.1) is 0 Å². The average molecular weight is 314 g/mol. The molecule has 0 fully saturated rings. The minimum atomic E-state index is -3.37. The Morgan fingerprint density at radius 2 is 1.81 bits per heavy atom. The van der Waals surface area contributed by atoms with Gasteiger partial charge in [0.2, 0.25) is 10.0 Å². The van der Waals surface area contributed by atoms with Gasteiger partial charge in [-0.2, -0.15) is 0 Å². The standard InChI is InChI=1S/C14H22N2O4S/c1-3-8-15-9-10-16-21(18,19)11-12-4-6-13(7-5-12)14(17)20-2/h4-7,15-16H,3,8-11H2,1-2H3. The lowest BCUT2D eigenvalue weighted by molar-refractivity contribution is 0.0600. The molecule has 0 radical (unpaired) electrons. The maximum absolute atomic E-state index is 11.9. The lowest BCUT2D eigenvalue weighted by Crippen LogP contribution is -2.32. The molecule has 0 aliphatic carbocycles. The van der Waals surface area contributed by atoms with Gasteiger partial charge in [0.1, 0.15) is 0 Å². The first-order valence-corrected chi connectivity index (χ1v) is 8.49. The van der Waals surface area contributed by atoms with Crippen molar-refractivity contribution in [2.75, 3.05) is 26.7 Å². The molecule has 0 saturated heterocycles. The van der Waals surface area contributed by atoms with Crippen LogP contribution in [-0.4, -0.2) is 41.1 Å². The van der Waals surface area contributed by atoms with Gasteiger partial charge in [0.15, 0.2) is 0 Å². The van der Waals surface area contributed by atoms with Gasteiger partial charge in [-0.3, -0.25) is 0 Å². The molecule has 0 aromatic heterocycles. The summed E-state index contributed by atoms with van der Waals surface area (Å²) in [6.45, 7) is 3.89. The number of hydrogen-bond acceptors (Lipinski definition) is 5. The van der Waals surface area contributed by atoms with Crippen LogP contribution >= 0.6 is 0 Å². The first kappa shape index (κ1) is 17.6. The number of methoxy groups -OCH3 is 1. The van der Waals surface area contributed by atoms with Crippen molar-refractivity contribution in [3.05, 3.63) is 35.4 Å². The average Bonchev–Trinajstić information content (AvgIpc) is 2.46. The van der Waals surface area contributed by atoms with E-state index in [0.29, 0.717) is 24.2 Å². The Morgan fingerprint density at radius 3 is 2.38 bits per heavy atom. The van der Waals surface area contributed by atoms with Crippen molar-refractivity contribution in [2.24, 2.45) is 0 Å². The molecule has 0 aliphatic heterocycles. The molecule has 0 unspecified atom stereocenters. The number of benzene rings is 1. The Balaban J connectivity index is 2.49. The van der Waals surface area contributed by atoms with Gasteiger partial charge >= 0.3 is 5.97 Å². The molecule has 0 bridgehead atoms. The molecule has 6 nitrogen and oxygen atoms in total. The third kappa shape index (κ3) is 6.70. The van der Waals surface area contributed by atoms with Crippen molar-refractivity contribution in [1.29, 1.82) is 0 Å². The highest BCUT2D eigenvalue weighted by Gasteiger charge is 2.11. The van der Waals surface area contributed by atoms with Gasteiger partial charge < -0.3 is 10.1 Å². The first-order valence-electron chi connectivity index (χ1n) is 6.84. The molecular formula is C14H22N2O4S. The molecule has 2 N–H and O–H groups in total. The van der Waals surface area contributed by atoms with Crippen LogP contribution in [0.3, 0.4) is 0 Å². The van der Waals surface area contributed by atoms with Crippen LogP contribution < -0.4 is 10.0 Å². The Kier molecular flexibility index (Phi) is 7.35. The molecule has 7 heteroatoms. The van der Waals surface area contributed by atoms with E-state index in [0.717, 1.165) is 13.0 Å². The molecule has 0 amide bonds. The Hall–Kier alpha value is -1.44. The second kappa shape index (κ2) is 8.76. The third-order valence-corrected chi connectivity index (χ3v) is 4.14. The summed E-state index contributed by atoms with van der Waals surface area (Å²) in [5.74, 6) is -0.549. The molecular weight excluding hydrogens is 292 g/mol. The minimum absolute atomic E-state index is 0.109. The van der Waals surface area contributed by atoms with Crippen LogP contribution in [0.2, 0.25) is 0 Å². The molecule has 1 rings (SSSR count). The Labute approximate surface area is 125 Å². The minimum Gasteiger partial charge on any atom is -0.465 e. The molecule has 0 aliphatic rings. The second-order valence-electron chi connectivity index (χ2n) is 4.59. The fourth-order valence-corrected chi connectivity index (χ4v) is 2.87. The van der Waals surface area contributed by atoms with Crippen molar-refractivity contribution in [2.45, 2.75) is 19.1 Å². The zero-order valence-corrected chi connectivity index (χ0v) is 13.2. The third-order valence-electron chi connectivity index (χ3n) is 2.78. The van der Waals surface area contributed by atoms with Crippen LogP contribution in [0.15, 0.2) is 24.3 Å². The van der Waals surface area contributed by atoms with Gasteiger partial charge in [-0.05, 0) is 30.7 Å². The maximum Gasteiger partial charge on any atom is 0.337 e. The smallest absolute Gasteiger partial charge is 0.337 e. The molecule has 1 aromatic carbocycles. The lowest BCUT2D eigenvalue weighted by Gasteiger charge is -2.08. The summed E-state index contributed by atoms with van der Waals surface area (Å²) in [7, 11) is -2.06. The number of carbonyl (C=O) groups excluding carboxylic acids is 1. The van der Waals surface area contributed by atoms with Gasteiger partial charge in [-0.1, -0.05) is 19.1 Å². The van der Waals surface area contributed by atoms with Crippen molar-refractivity contribution in [3.8, 4) is 0 Å². The molecule has 1 aromatic rings. The summed E-state index contributed by atoms with van der Waals surface area (Å²) < 4.78 is 30.9. The van der Waals surface area contributed by atoms with E-state index in [-0.39, 0.29) is 5.75 Å².